The van der Waals surface area contributed by atoms with Gasteiger partial charge >= 0.3 is 5.97 Å². The molecule has 0 aliphatic carbocycles. The number of hydrogen-bond donors (Lipinski definition) is 1. The highest BCUT2D eigenvalue weighted by Crippen LogP contribution is 2.04. The summed E-state index contributed by atoms with van der Waals surface area (Å²) in [6, 6.07) is 0. The molecule has 0 atom stereocenters. The van der Waals surface area contributed by atoms with Gasteiger partial charge in [0.1, 0.15) is 5.70 Å². The van der Waals surface area contributed by atoms with Gasteiger partial charge in [-0.25, -0.2) is 4.79 Å². The summed E-state index contributed by atoms with van der Waals surface area (Å²) in [7, 11) is 1.54. The number of ether oxygens (including phenoxy) is 1. The second-order valence-corrected chi connectivity index (χ2v) is 4.46. The highest BCUT2D eigenvalue weighted by Gasteiger charge is 2.10. The van der Waals surface area contributed by atoms with Crippen LogP contribution in [0.15, 0.2) is 59.1 Å². The fourth-order valence-corrected chi connectivity index (χ4v) is 1.45. The molecule has 0 aliphatic heterocycles. The predicted molar refractivity (Wildman–Crippen MR) is 89.7 cm³/mol. The molecule has 0 fully saturated rings. The molecule has 0 saturated heterocycles. The molecule has 5 heteroatoms. The van der Waals surface area contributed by atoms with Crippen molar-refractivity contribution in [3.63, 3.8) is 0 Å². The Morgan fingerprint density at radius 3 is 2.73 bits per heavy atom. The first-order chi connectivity index (χ1) is 10.5. The summed E-state index contributed by atoms with van der Waals surface area (Å²) in [6.07, 6.45) is 10.1. The molecule has 0 rings (SSSR count). The minimum Gasteiger partial charge on any atom is -0.477 e. The zero-order valence-corrected chi connectivity index (χ0v) is 13.3. The van der Waals surface area contributed by atoms with Crippen molar-refractivity contribution in [2.75, 3.05) is 20.3 Å². The number of likely N-dealkylation sites (N-methyl/N-ethyl adjacent to an activating group) is 1. The molecular weight excluding hydrogens is 280 g/mol. The standard InChI is InChI=1S/C17H24N2O3/c1-5-6-7-8-10-15(2)12-14-22-13-9-11-16(17(20)21)19(4)18-3/h5-6,8,10-11H,1,3,9,12-14H2,2,4H3,(H,20,21)/b15-10+,16-11-. The fourth-order valence-electron chi connectivity index (χ4n) is 1.45. The SMILES string of the molecule is C=CC=C=C/C=C(\C)CCOCC/C=C(/C(=O)O)N(C)N=C. The van der Waals surface area contributed by atoms with Crippen molar-refractivity contribution in [3.05, 3.63) is 54.0 Å². The Morgan fingerprint density at radius 2 is 2.14 bits per heavy atom. The second-order valence-electron chi connectivity index (χ2n) is 4.46. The van der Waals surface area contributed by atoms with Gasteiger partial charge < -0.3 is 9.84 Å². The Hall–Kier alpha value is -2.36. The topological polar surface area (TPSA) is 62.1 Å². The second kappa shape index (κ2) is 12.4. The van der Waals surface area contributed by atoms with Crippen LogP contribution in [-0.2, 0) is 9.53 Å². The van der Waals surface area contributed by atoms with Crippen LogP contribution in [0.1, 0.15) is 19.8 Å². The number of hydrogen-bond acceptors (Lipinski definition) is 4. The van der Waals surface area contributed by atoms with Crippen LogP contribution in [-0.4, -0.2) is 43.1 Å². The van der Waals surface area contributed by atoms with Gasteiger partial charge in [0.25, 0.3) is 0 Å². The normalized spacial score (nSPS) is 11.4. The van der Waals surface area contributed by atoms with Crippen LogP contribution in [0.25, 0.3) is 0 Å². The molecule has 0 radical (unpaired) electrons. The van der Waals surface area contributed by atoms with E-state index in [4.69, 9.17) is 9.84 Å². The third kappa shape index (κ3) is 9.53. The van der Waals surface area contributed by atoms with E-state index in [1.54, 1.807) is 18.2 Å². The number of carboxylic acids is 1. The molecule has 1 N–H and O–H groups in total. The van der Waals surface area contributed by atoms with Crippen molar-refractivity contribution < 1.29 is 14.6 Å². The van der Waals surface area contributed by atoms with Gasteiger partial charge in [0, 0.05) is 13.8 Å². The van der Waals surface area contributed by atoms with Gasteiger partial charge in [0.15, 0.2) is 0 Å². The van der Waals surface area contributed by atoms with Crippen LogP contribution in [0.3, 0.4) is 0 Å². The molecular formula is C17H24N2O3. The van der Waals surface area contributed by atoms with E-state index >= 15 is 0 Å². The van der Waals surface area contributed by atoms with Gasteiger partial charge in [0.2, 0.25) is 0 Å². The van der Waals surface area contributed by atoms with E-state index in [9.17, 15) is 4.79 Å². The number of allylic oxidation sites excluding steroid dienone is 3. The van der Waals surface area contributed by atoms with E-state index in [0.717, 1.165) is 6.42 Å². The van der Waals surface area contributed by atoms with Gasteiger partial charge in [-0.15, -0.1) is 5.73 Å². The summed E-state index contributed by atoms with van der Waals surface area (Å²) in [5.41, 5.74) is 4.22. The molecule has 0 aromatic carbocycles. The summed E-state index contributed by atoms with van der Waals surface area (Å²) in [4.78, 5) is 11.0. The molecule has 0 spiro atoms. The molecule has 0 bridgehead atoms. The number of hydrazone groups is 1. The van der Waals surface area contributed by atoms with Crippen LogP contribution >= 0.6 is 0 Å². The smallest absolute Gasteiger partial charge is 0.353 e. The summed E-state index contributed by atoms with van der Waals surface area (Å²) in [6.45, 7) is 9.92. The van der Waals surface area contributed by atoms with Crippen molar-refractivity contribution in [3.8, 4) is 0 Å². The predicted octanol–water partition coefficient (Wildman–Crippen LogP) is 3.14. The van der Waals surface area contributed by atoms with Crippen molar-refractivity contribution in [1.82, 2.24) is 5.01 Å². The first-order valence-corrected chi connectivity index (χ1v) is 6.93. The number of aliphatic carboxylic acids is 1. The Labute approximate surface area is 132 Å². The van der Waals surface area contributed by atoms with Crippen LogP contribution in [0.4, 0.5) is 0 Å². The Bertz CT molecular complexity index is 498. The lowest BCUT2D eigenvalue weighted by molar-refractivity contribution is -0.134. The van der Waals surface area contributed by atoms with Crippen molar-refractivity contribution >= 4 is 12.7 Å². The van der Waals surface area contributed by atoms with E-state index in [1.165, 1.54) is 17.6 Å². The Kier molecular flexibility index (Phi) is 11.1. The van der Waals surface area contributed by atoms with Crippen LogP contribution in [0, 0.1) is 0 Å². The maximum Gasteiger partial charge on any atom is 0.353 e. The average molecular weight is 304 g/mol. The van der Waals surface area contributed by atoms with Gasteiger partial charge in [-0.2, -0.15) is 5.10 Å². The Balaban J connectivity index is 4.07. The molecule has 0 unspecified atom stereocenters. The number of carbonyl (C=O) groups is 1. The van der Waals surface area contributed by atoms with Gasteiger partial charge in [-0.3, -0.25) is 5.01 Å². The zero-order valence-electron chi connectivity index (χ0n) is 13.3. The molecule has 0 aliphatic rings. The van der Waals surface area contributed by atoms with E-state index in [2.05, 4.69) is 24.1 Å². The van der Waals surface area contributed by atoms with E-state index in [1.807, 2.05) is 19.1 Å². The molecule has 22 heavy (non-hydrogen) atoms. The van der Waals surface area contributed by atoms with Crippen molar-refractivity contribution in [1.29, 1.82) is 0 Å². The minimum absolute atomic E-state index is 0.0915. The monoisotopic (exact) mass is 304 g/mol. The van der Waals surface area contributed by atoms with Crippen LogP contribution < -0.4 is 0 Å². The van der Waals surface area contributed by atoms with Gasteiger partial charge in [-0.05, 0) is 38.0 Å². The number of carboxylic acid groups (broad SMARTS) is 1. The third-order valence-corrected chi connectivity index (χ3v) is 2.70. The maximum absolute atomic E-state index is 11.0. The minimum atomic E-state index is -1.03. The summed E-state index contributed by atoms with van der Waals surface area (Å²) < 4.78 is 5.47. The molecule has 0 heterocycles. The largest absolute Gasteiger partial charge is 0.477 e. The molecule has 0 aromatic heterocycles. The molecule has 0 saturated carbocycles. The lowest BCUT2D eigenvalue weighted by Gasteiger charge is -2.12. The third-order valence-electron chi connectivity index (χ3n) is 2.70. The van der Waals surface area contributed by atoms with Crippen LogP contribution in [0.2, 0.25) is 0 Å². The quantitative estimate of drug-likeness (QED) is 0.159. The summed E-state index contributed by atoms with van der Waals surface area (Å²) >= 11 is 0. The summed E-state index contributed by atoms with van der Waals surface area (Å²) in [5.74, 6) is -1.03. The maximum atomic E-state index is 11.0. The fraction of sp³-hybridized carbons (Fsp3) is 0.353. The molecule has 0 amide bonds. The van der Waals surface area contributed by atoms with E-state index in [0.29, 0.717) is 19.6 Å². The first kappa shape index (κ1) is 19.6. The lowest BCUT2D eigenvalue weighted by atomic mass is 10.2. The molecule has 0 aromatic rings. The van der Waals surface area contributed by atoms with Gasteiger partial charge in [-0.1, -0.05) is 24.3 Å². The lowest BCUT2D eigenvalue weighted by Crippen LogP contribution is -2.18. The van der Waals surface area contributed by atoms with E-state index in [-0.39, 0.29) is 5.70 Å². The zero-order chi connectivity index (χ0) is 16.8. The van der Waals surface area contributed by atoms with E-state index < -0.39 is 5.97 Å². The highest BCUT2D eigenvalue weighted by atomic mass is 16.5. The Morgan fingerprint density at radius 1 is 1.41 bits per heavy atom. The molecule has 120 valence electrons. The average Bonchev–Trinajstić information content (AvgIpc) is 2.49. The van der Waals surface area contributed by atoms with Crippen molar-refractivity contribution in [2.24, 2.45) is 5.10 Å². The first-order valence-electron chi connectivity index (χ1n) is 6.93. The number of nitrogens with zero attached hydrogens (tertiary/aromatic N) is 2. The molecule has 5 nitrogen and oxygen atoms in total. The van der Waals surface area contributed by atoms with Crippen molar-refractivity contribution in [2.45, 2.75) is 19.8 Å². The highest BCUT2D eigenvalue weighted by molar-refractivity contribution is 5.85. The van der Waals surface area contributed by atoms with Gasteiger partial charge in [0.05, 0.1) is 13.2 Å². The number of rotatable bonds is 11. The summed E-state index contributed by atoms with van der Waals surface area (Å²) in [5, 5.41) is 13.8. The van der Waals surface area contributed by atoms with Crippen LogP contribution in [0.5, 0.6) is 0 Å².